The molecule has 1 N–H and O–H groups in total. The SMILES string of the molecule is CC(=O)N1CC(C(=O)Nc2ncnc3c2c(C)c(C)n3CC2CCCO2)C1. The van der Waals surface area contributed by atoms with Crippen molar-refractivity contribution in [3.05, 3.63) is 17.6 Å². The van der Waals surface area contributed by atoms with E-state index in [2.05, 4.69) is 26.8 Å². The lowest BCUT2D eigenvalue weighted by molar-refractivity contribution is -0.139. The first kappa shape index (κ1) is 17.9. The van der Waals surface area contributed by atoms with Gasteiger partial charge in [0.15, 0.2) is 0 Å². The quantitative estimate of drug-likeness (QED) is 0.883. The van der Waals surface area contributed by atoms with Crippen LogP contribution in [-0.4, -0.2) is 57.0 Å². The molecule has 8 heteroatoms. The van der Waals surface area contributed by atoms with Crippen molar-refractivity contribution in [3.8, 4) is 0 Å². The van der Waals surface area contributed by atoms with E-state index in [1.165, 1.54) is 13.3 Å². The molecule has 0 radical (unpaired) electrons. The standard InChI is InChI=1S/C19H25N5O3/c1-11-12(2)24(9-15-5-4-6-27-15)18-16(11)17(20-10-21-18)22-19(26)14-7-23(8-14)13(3)25/h10,14-15H,4-9H2,1-3H3,(H,20,21,22,26). The Kier molecular flexibility index (Phi) is 4.59. The second-order valence-electron chi connectivity index (χ2n) is 7.49. The fraction of sp³-hybridized carbons (Fsp3) is 0.579. The Morgan fingerprint density at radius 2 is 2.07 bits per heavy atom. The lowest BCUT2D eigenvalue weighted by Crippen LogP contribution is -2.53. The summed E-state index contributed by atoms with van der Waals surface area (Å²) in [5.41, 5.74) is 3.01. The van der Waals surface area contributed by atoms with Crippen LogP contribution in [0.15, 0.2) is 6.33 Å². The van der Waals surface area contributed by atoms with Crippen molar-refractivity contribution < 1.29 is 14.3 Å². The van der Waals surface area contributed by atoms with Crippen LogP contribution in [0.25, 0.3) is 11.0 Å². The van der Waals surface area contributed by atoms with E-state index in [-0.39, 0.29) is 23.8 Å². The van der Waals surface area contributed by atoms with Gasteiger partial charge >= 0.3 is 0 Å². The van der Waals surface area contributed by atoms with Crippen molar-refractivity contribution in [2.24, 2.45) is 5.92 Å². The van der Waals surface area contributed by atoms with E-state index in [1.807, 2.05) is 6.92 Å². The Balaban J connectivity index is 1.58. The molecule has 2 aromatic heterocycles. The topological polar surface area (TPSA) is 89.4 Å². The molecule has 4 rings (SSSR count). The molecule has 2 amide bonds. The molecule has 27 heavy (non-hydrogen) atoms. The molecule has 144 valence electrons. The normalized spacial score (nSPS) is 20.1. The summed E-state index contributed by atoms with van der Waals surface area (Å²) in [4.78, 5) is 34.3. The van der Waals surface area contributed by atoms with Crippen molar-refractivity contribution >= 4 is 28.7 Å². The highest BCUT2D eigenvalue weighted by Gasteiger charge is 2.34. The molecule has 0 spiro atoms. The van der Waals surface area contributed by atoms with Gasteiger partial charge < -0.3 is 19.5 Å². The van der Waals surface area contributed by atoms with Crippen LogP contribution < -0.4 is 5.32 Å². The molecule has 4 heterocycles. The van der Waals surface area contributed by atoms with E-state index in [4.69, 9.17) is 4.74 Å². The number of carbonyl (C=O) groups is 2. The van der Waals surface area contributed by atoms with Crippen LogP contribution in [0, 0.1) is 19.8 Å². The summed E-state index contributed by atoms with van der Waals surface area (Å²) in [7, 11) is 0. The van der Waals surface area contributed by atoms with Crippen LogP contribution in [0.2, 0.25) is 0 Å². The zero-order valence-electron chi connectivity index (χ0n) is 16.0. The Hall–Kier alpha value is -2.48. The van der Waals surface area contributed by atoms with Gasteiger partial charge in [0.1, 0.15) is 17.8 Å². The smallest absolute Gasteiger partial charge is 0.232 e. The number of rotatable bonds is 4. The zero-order valence-corrected chi connectivity index (χ0v) is 16.0. The number of nitrogens with one attached hydrogen (secondary N) is 1. The molecular formula is C19H25N5O3. The van der Waals surface area contributed by atoms with Crippen molar-refractivity contribution in [1.29, 1.82) is 0 Å². The number of aromatic nitrogens is 3. The number of likely N-dealkylation sites (tertiary alicyclic amines) is 1. The maximum Gasteiger partial charge on any atom is 0.232 e. The molecule has 2 fully saturated rings. The molecule has 2 aliphatic rings. The summed E-state index contributed by atoms with van der Waals surface area (Å²) in [6.07, 6.45) is 3.85. The van der Waals surface area contributed by atoms with Crippen LogP contribution in [0.1, 0.15) is 31.0 Å². The number of amides is 2. The third kappa shape index (κ3) is 3.18. The Morgan fingerprint density at radius 1 is 1.30 bits per heavy atom. The van der Waals surface area contributed by atoms with Gasteiger partial charge in [0, 0.05) is 32.3 Å². The van der Waals surface area contributed by atoms with E-state index in [9.17, 15) is 9.59 Å². The number of fused-ring (bicyclic) bond motifs is 1. The second-order valence-corrected chi connectivity index (χ2v) is 7.49. The molecule has 8 nitrogen and oxygen atoms in total. The van der Waals surface area contributed by atoms with Gasteiger partial charge in [-0.2, -0.15) is 0 Å². The van der Waals surface area contributed by atoms with Crippen molar-refractivity contribution in [2.45, 2.75) is 46.3 Å². The van der Waals surface area contributed by atoms with E-state index in [0.717, 1.165) is 48.3 Å². The molecular weight excluding hydrogens is 346 g/mol. The highest BCUT2D eigenvalue weighted by atomic mass is 16.5. The summed E-state index contributed by atoms with van der Waals surface area (Å²) in [6, 6.07) is 0. The fourth-order valence-corrected chi connectivity index (χ4v) is 3.90. The summed E-state index contributed by atoms with van der Waals surface area (Å²) < 4.78 is 7.95. The Labute approximate surface area is 157 Å². The third-order valence-corrected chi connectivity index (χ3v) is 5.75. The molecule has 2 aliphatic heterocycles. The minimum atomic E-state index is -0.186. The number of carbonyl (C=O) groups excluding carboxylic acids is 2. The maximum atomic E-state index is 12.6. The minimum Gasteiger partial charge on any atom is -0.376 e. The fourth-order valence-electron chi connectivity index (χ4n) is 3.90. The number of hydrogen-bond acceptors (Lipinski definition) is 5. The van der Waals surface area contributed by atoms with Gasteiger partial charge in [0.05, 0.1) is 24.0 Å². The largest absolute Gasteiger partial charge is 0.376 e. The predicted molar refractivity (Wildman–Crippen MR) is 100 cm³/mol. The minimum absolute atomic E-state index is 0.00107. The average Bonchev–Trinajstić information content (AvgIpc) is 3.17. The number of nitrogens with zero attached hydrogens (tertiary/aromatic N) is 4. The number of hydrogen-bond donors (Lipinski definition) is 1. The molecule has 0 saturated carbocycles. The number of ether oxygens (including phenoxy) is 1. The highest BCUT2D eigenvalue weighted by Crippen LogP contribution is 2.30. The molecule has 2 aromatic rings. The van der Waals surface area contributed by atoms with Crippen LogP contribution >= 0.6 is 0 Å². The summed E-state index contributed by atoms with van der Waals surface area (Å²) in [5, 5.41) is 3.83. The van der Waals surface area contributed by atoms with Gasteiger partial charge in [-0.25, -0.2) is 9.97 Å². The Morgan fingerprint density at radius 3 is 2.74 bits per heavy atom. The zero-order chi connectivity index (χ0) is 19.1. The molecule has 0 aliphatic carbocycles. The van der Waals surface area contributed by atoms with Gasteiger partial charge in [-0.05, 0) is 32.3 Å². The van der Waals surface area contributed by atoms with Crippen LogP contribution in [0.5, 0.6) is 0 Å². The van der Waals surface area contributed by atoms with E-state index in [0.29, 0.717) is 18.9 Å². The molecule has 2 saturated heterocycles. The first-order valence-corrected chi connectivity index (χ1v) is 9.44. The van der Waals surface area contributed by atoms with Gasteiger partial charge in [0.2, 0.25) is 11.8 Å². The van der Waals surface area contributed by atoms with Crippen LogP contribution in [-0.2, 0) is 20.9 Å². The van der Waals surface area contributed by atoms with Gasteiger partial charge in [-0.1, -0.05) is 0 Å². The molecule has 1 atom stereocenters. The number of aryl methyl sites for hydroxylation is 1. The van der Waals surface area contributed by atoms with Crippen molar-refractivity contribution in [1.82, 2.24) is 19.4 Å². The predicted octanol–water partition coefficient (Wildman–Crippen LogP) is 1.64. The van der Waals surface area contributed by atoms with Crippen molar-refractivity contribution in [2.75, 3.05) is 25.0 Å². The summed E-state index contributed by atoms with van der Waals surface area (Å²) in [5.74, 6) is 0.254. The van der Waals surface area contributed by atoms with E-state index >= 15 is 0 Å². The van der Waals surface area contributed by atoms with Gasteiger partial charge in [-0.15, -0.1) is 0 Å². The van der Waals surface area contributed by atoms with Crippen LogP contribution in [0.4, 0.5) is 5.82 Å². The van der Waals surface area contributed by atoms with Crippen molar-refractivity contribution in [3.63, 3.8) is 0 Å². The summed E-state index contributed by atoms with van der Waals surface area (Å²) >= 11 is 0. The first-order valence-electron chi connectivity index (χ1n) is 9.44. The molecule has 0 aromatic carbocycles. The lowest BCUT2D eigenvalue weighted by Gasteiger charge is -2.37. The van der Waals surface area contributed by atoms with E-state index in [1.54, 1.807) is 4.90 Å². The molecule has 1 unspecified atom stereocenters. The average molecular weight is 371 g/mol. The van der Waals surface area contributed by atoms with Crippen LogP contribution in [0.3, 0.4) is 0 Å². The highest BCUT2D eigenvalue weighted by molar-refractivity contribution is 6.02. The summed E-state index contributed by atoms with van der Waals surface area (Å²) in [6.45, 7) is 8.12. The van der Waals surface area contributed by atoms with Gasteiger partial charge in [-0.3, -0.25) is 9.59 Å². The Bertz CT molecular complexity index is 894. The van der Waals surface area contributed by atoms with Gasteiger partial charge in [0.25, 0.3) is 0 Å². The third-order valence-electron chi connectivity index (χ3n) is 5.75. The van der Waals surface area contributed by atoms with E-state index < -0.39 is 0 Å². The maximum absolute atomic E-state index is 12.6. The second kappa shape index (κ2) is 6.92. The number of anilines is 1. The monoisotopic (exact) mass is 371 g/mol. The first-order chi connectivity index (χ1) is 13.0. The lowest BCUT2D eigenvalue weighted by atomic mass is 9.99. The molecule has 0 bridgehead atoms.